The van der Waals surface area contributed by atoms with E-state index in [-0.39, 0.29) is 6.04 Å². The Hall–Kier alpha value is -1.31. The molecule has 19 heavy (non-hydrogen) atoms. The molecule has 0 heterocycles. The van der Waals surface area contributed by atoms with Crippen molar-refractivity contribution in [2.24, 2.45) is 0 Å². The van der Waals surface area contributed by atoms with Crippen molar-refractivity contribution in [2.75, 3.05) is 0 Å². The molecule has 0 fully saturated rings. The number of fused-ring (bicyclic) bond motifs is 1. The van der Waals surface area contributed by atoms with Gasteiger partial charge in [-0.3, -0.25) is 0 Å². The fourth-order valence-corrected chi connectivity index (χ4v) is 3.25. The van der Waals surface area contributed by atoms with E-state index in [1.54, 1.807) is 0 Å². The van der Waals surface area contributed by atoms with Crippen molar-refractivity contribution in [3.05, 3.63) is 70.2 Å². The molecular weight excluding hydrogens is 254 g/mol. The molecule has 2 aromatic rings. The molecule has 2 aromatic carbocycles. The predicted octanol–water partition coefficient (Wildman–Crippen LogP) is 4.16. The van der Waals surface area contributed by atoms with E-state index in [4.69, 9.17) is 11.6 Å². The van der Waals surface area contributed by atoms with Gasteiger partial charge in [-0.05, 0) is 42.5 Å². The van der Waals surface area contributed by atoms with E-state index < -0.39 is 0 Å². The number of rotatable bonds is 3. The van der Waals surface area contributed by atoms with Gasteiger partial charge in [0.05, 0.1) is 0 Å². The summed E-state index contributed by atoms with van der Waals surface area (Å²) in [7, 11) is 0. The molecule has 98 valence electrons. The van der Waals surface area contributed by atoms with Crippen LogP contribution in [0, 0.1) is 0 Å². The predicted molar refractivity (Wildman–Crippen MR) is 80.6 cm³/mol. The van der Waals surface area contributed by atoms with Crippen LogP contribution in [-0.2, 0) is 12.8 Å². The Morgan fingerprint density at radius 2 is 1.58 bits per heavy atom. The molecule has 1 atom stereocenters. The molecule has 1 nitrogen and oxygen atoms in total. The standard InChI is InChI=1S/C17H18ClN/c1-12(16-8-4-5-9-17(16)18)19-15-10-13-6-2-3-7-14(13)11-15/h2-9,12,15,19H,10-11H2,1H3. The number of hydrogen-bond donors (Lipinski definition) is 1. The van der Waals surface area contributed by atoms with E-state index in [2.05, 4.69) is 42.6 Å². The van der Waals surface area contributed by atoms with Crippen LogP contribution in [0.4, 0.5) is 0 Å². The van der Waals surface area contributed by atoms with Gasteiger partial charge in [0.25, 0.3) is 0 Å². The van der Waals surface area contributed by atoms with Crippen LogP contribution < -0.4 is 5.32 Å². The minimum absolute atomic E-state index is 0.285. The molecular formula is C17H18ClN. The van der Waals surface area contributed by atoms with Gasteiger partial charge in [0.2, 0.25) is 0 Å². The van der Waals surface area contributed by atoms with Gasteiger partial charge < -0.3 is 5.32 Å². The average molecular weight is 272 g/mol. The minimum Gasteiger partial charge on any atom is -0.307 e. The summed E-state index contributed by atoms with van der Waals surface area (Å²) >= 11 is 6.25. The van der Waals surface area contributed by atoms with Gasteiger partial charge in [0.15, 0.2) is 0 Å². The smallest absolute Gasteiger partial charge is 0.0453 e. The third-order valence-electron chi connectivity index (χ3n) is 3.91. The Morgan fingerprint density at radius 3 is 2.21 bits per heavy atom. The molecule has 3 rings (SSSR count). The Balaban J connectivity index is 1.69. The summed E-state index contributed by atoms with van der Waals surface area (Å²) in [5.74, 6) is 0. The third kappa shape index (κ3) is 2.68. The molecule has 0 saturated heterocycles. The van der Waals surface area contributed by atoms with Crippen LogP contribution in [0.25, 0.3) is 0 Å². The molecule has 1 N–H and O–H groups in total. The highest BCUT2D eigenvalue weighted by molar-refractivity contribution is 6.31. The maximum Gasteiger partial charge on any atom is 0.0453 e. The van der Waals surface area contributed by atoms with Gasteiger partial charge in [0, 0.05) is 17.1 Å². The maximum absolute atomic E-state index is 6.25. The molecule has 1 unspecified atom stereocenters. The molecule has 0 saturated carbocycles. The van der Waals surface area contributed by atoms with Crippen LogP contribution in [0.3, 0.4) is 0 Å². The van der Waals surface area contributed by atoms with Gasteiger partial charge in [-0.1, -0.05) is 54.1 Å². The molecule has 0 bridgehead atoms. The van der Waals surface area contributed by atoms with Crippen LogP contribution in [0.2, 0.25) is 5.02 Å². The second-order valence-electron chi connectivity index (χ2n) is 5.28. The van der Waals surface area contributed by atoms with E-state index in [9.17, 15) is 0 Å². The molecule has 0 aromatic heterocycles. The van der Waals surface area contributed by atoms with E-state index in [0.29, 0.717) is 6.04 Å². The highest BCUT2D eigenvalue weighted by Crippen LogP contribution is 2.26. The summed E-state index contributed by atoms with van der Waals surface area (Å²) in [5, 5.41) is 4.54. The van der Waals surface area contributed by atoms with Crippen LogP contribution in [0.1, 0.15) is 29.7 Å². The lowest BCUT2D eigenvalue weighted by Crippen LogP contribution is -2.32. The SMILES string of the molecule is CC(NC1Cc2ccccc2C1)c1ccccc1Cl. The molecule has 0 radical (unpaired) electrons. The van der Waals surface area contributed by atoms with E-state index in [1.807, 2.05) is 18.2 Å². The highest BCUT2D eigenvalue weighted by atomic mass is 35.5. The zero-order valence-electron chi connectivity index (χ0n) is 11.1. The number of benzene rings is 2. The lowest BCUT2D eigenvalue weighted by atomic mass is 10.1. The first kappa shape index (κ1) is 12.7. The quantitative estimate of drug-likeness (QED) is 0.884. The molecule has 0 aliphatic heterocycles. The largest absolute Gasteiger partial charge is 0.307 e. The maximum atomic E-state index is 6.25. The first-order valence-electron chi connectivity index (χ1n) is 6.81. The summed E-state index contributed by atoms with van der Waals surface area (Å²) < 4.78 is 0. The van der Waals surface area contributed by atoms with Crippen LogP contribution in [0.15, 0.2) is 48.5 Å². The molecule has 0 amide bonds. The monoisotopic (exact) mass is 271 g/mol. The Labute approximate surface area is 119 Å². The minimum atomic E-state index is 0.285. The fraction of sp³-hybridized carbons (Fsp3) is 0.294. The number of nitrogens with one attached hydrogen (secondary N) is 1. The highest BCUT2D eigenvalue weighted by Gasteiger charge is 2.22. The number of halogens is 1. The summed E-state index contributed by atoms with van der Waals surface area (Å²) in [6.07, 6.45) is 2.23. The topological polar surface area (TPSA) is 12.0 Å². The van der Waals surface area contributed by atoms with E-state index >= 15 is 0 Å². The summed E-state index contributed by atoms with van der Waals surface area (Å²) in [6, 6.07) is 17.6. The molecule has 0 spiro atoms. The van der Waals surface area contributed by atoms with Crippen LogP contribution in [-0.4, -0.2) is 6.04 Å². The van der Waals surface area contributed by atoms with Crippen molar-refractivity contribution in [2.45, 2.75) is 31.8 Å². The molecule has 1 aliphatic rings. The lowest BCUT2D eigenvalue weighted by molar-refractivity contribution is 0.467. The van der Waals surface area contributed by atoms with E-state index in [0.717, 1.165) is 17.9 Å². The van der Waals surface area contributed by atoms with Crippen molar-refractivity contribution in [3.63, 3.8) is 0 Å². The van der Waals surface area contributed by atoms with Crippen molar-refractivity contribution in [1.82, 2.24) is 5.32 Å². The van der Waals surface area contributed by atoms with Crippen molar-refractivity contribution >= 4 is 11.6 Å². The van der Waals surface area contributed by atoms with E-state index in [1.165, 1.54) is 16.7 Å². The fourth-order valence-electron chi connectivity index (χ4n) is 2.95. The first-order chi connectivity index (χ1) is 9.24. The molecule has 1 aliphatic carbocycles. The Morgan fingerprint density at radius 1 is 1.00 bits per heavy atom. The molecule has 2 heteroatoms. The van der Waals surface area contributed by atoms with Crippen molar-refractivity contribution in [1.29, 1.82) is 0 Å². The number of hydrogen-bond acceptors (Lipinski definition) is 1. The van der Waals surface area contributed by atoms with Gasteiger partial charge in [-0.25, -0.2) is 0 Å². The van der Waals surface area contributed by atoms with Crippen molar-refractivity contribution in [3.8, 4) is 0 Å². The summed E-state index contributed by atoms with van der Waals surface area (Å²) in [5.41, 5.74) is 4.14. The average Bonchev–Trinajstić information content (AvgIpc) is 2.81. The normalized spacial score (nSPS) is 16.3. The van der Waals surface area contributed by atoms with Crippen molar-refractivity contribution < 1.29 is 0 Å². The van der Waals surface area contributed by atoms with Crippen LogP contribution in [0.5, 0.6) is 0 Å². The van der Waals surface area contributed by atoms with Gasteiger partial charge in [-0.2, -0.15) is 0 Å². The van der Waals surface area contributed by atoms with Gasteiger partial charge >= 0.3 is 0 Å². The van der Waals surface area contributed by atoms with Gasteiger partial charge in [0.1, 0.15) is 0 Å². The zero-order chi connectivity index (χ0) is 13.2. The third-order valence-corrected chi connectivity index (χ3v) is 4.25. The Kier molecular flexibility index (Phi) is 3.58. The first-order valence-corrected chi connectivity index (χ1v) is 7.19. The second-order valence-corrected chi connectivity index (χ2v) is 5.69. The Bertz CT molecular complexity index is 554. The second kappa shape index (κ2) is 5.36. The summed E-state index contributed by atoms with van der Waals surface area (Å²) in [6.45, 7) is 2.18. The lowest BCUT2D eigenvalue weighted by Gasteiger charge is -2.20. The zero-order valence-corrected chi connectivity index (χ0v) is 11.8. The van der Waals surface area contributed by atoms with Crippen LogP contribution >= 0.6 is 11.6 Å². The van der Waals surface area contributed by atoms with Gasteiger partial charge in [-0.15, -0.1) is 0 Å². The summed E-state index contributed by atoms with van der Waals surface area (Å²) in [4.78, 5) is 0.